The number of carbonyl (C=O) groups is 1. The molecule has 4 heteroatoms. The normalized spacial score (nSPS) is 12.5. The van der Waals surface area contributed by atoms with Crippen molar-refractivity contribution in [2.45, 2.75) is 46.2 Å². The molecular formula is C15H25N3O. The summed E-state index contributed by atoms with van der Waals surface area (Å²) in [6.07, 6.45) is 5.38. The molecule has 1 aromatic rings. The van der Waals surface area contributed by atoms with Gasteiger partial charge in [-0.2, -0.15) is 0 Å². The zero-order valence-corrected chi connectivity index (χ0v) is 12.2. The number of nitrogens with two attached hydrogens (primary N) is 1. The number of pyridine rings is 1. The maximum Gasteiger partial charge on any atom is 0.227 e. The topological polar surface area (TPSA) is 59.2 Å². The Labute approximate surface area is 116 Å². The molecule has 0 fully saturated rings. The van der Waals surface area contributed by atoms with Crippen LogP contribution in [0.2, 0.25) is 0 Å². The molecule has 1 atom stereocenters. The first-order chi connectivity index (χ1) is 9.10. The SMILES string of the molecule is CCCC(CN)C(=O)N(Cc1cccnc1)C(C)C. The molecule has 1 aromatic heterocycles. The Bertz CT molecular complexity index is 378. The number of hydrogen-bond donors (Lipinski definition) is 1. The van der Waals surface area contributed by atoms with Crippen LogP contribution in [0.4, 0.5) is 0 Å². The van der Waals surface area contributed by atoms with E-state index in [0.717, 1.165) is 18.4 Å². The molecule has 1 heterocycles. The number of amides is 1. The highest BCUT2D eigenvalue weighted by Gasteiger charge is 2.24. The van der Waals surface area contributed by atoms with Gasteiger partial charge >= 0.3 is 0 Å². The summed E-state index contributed by atoms with van der Waals surface area (Å²) in [6.45, 7) is 7.17. The first kappa shape index (κ1) is 15.6. The van der Waals surface area contributed by atoms with Gasteiger partial charge in [0.25, 0.3) is 0 Å². The molecule has 0 aliphatic heterocycles. The van der Waals surface area contributed by atoms with Gasteiger partial charge in [0.05, 0.1) is 5.92 Å². The highest BCUT2D eigenvalue weighted by Crippen LogP contribution is 2.15. The number of carbonyl (C=O) groups excluding carboxylic acids is 1. The molecular weight excluding hydrogens is 238 g/mol. The summed E-state index contributed by atoms with van der Waals surface area (Å²) in [5, 5.41) is 0. The zero-order chi connectivity index (χ0) is 14.3. The lowest BCUT2D eigenvalue weighted by molar-refractivity contribution is -0.137. The number of nitrogens with zero attached hydrogens (tertiary/aromatic N) is 2. The molecule has 0 radical (unpaired) electrons. The molecule has 19 heavy (non-hydrogen) atoms. The summed E-state index contributed by atoms with van der Waals surface area (Å²) < 4.78 is 0. The molecule has 1 rings (SSSR count). The van der Waals surface area contributed by atoms with Crippen molar-refractivity contribution in [1.82, 2.24) is 9.88 Å². The van der Waals surface area contributed by atoms with Gasteiger partial charge in [-0.3, -0.25) is 9.78 Å². The first-order valence-corrected chi connectivity index (χ1v) is 6.99. The summed E-state index contributed by atoms with van der Waals surface area (Å²) in [7, 11) is 0. The van der Waals surface area contributed by atoms with E-state index in [-0.39, 0.29) is 17.9 Å². The minimum atomic E-state index is -0.0657. The van der Waals surface area contributed by atoms with Crippen molar-refractivity contribution in [3.8, 4) is 0 Å². The third-order valence-corrected chi connectivity index (χ3v) is 3.25. The van der Waals surface area contributed by atoms with Gasteiger partial charge in [-0.05, 0) is 31.9 Å². The van der Waals surface area contributed by atoms with Crippen molar-refractivity contribution in [2.75, 3.05) is 6.54 Å². The summed E-state index contributed by atoms with van der Waals surface area (Å²) in [5.74, 6) is 0.0901. The number of rotatable bonds is 7. The average molecular weight is 263 g/mol. The maximum atomic E-state index is 12.5. The fraction of sp³-hybridized carbons (Fsp3) is 0.600. The summed E-state index contributed by atoms with van der Waals surface area (Å²) in [4.78, 5) is 18.5. The van der Waals surface area contributed by atoms with E-state index in [2.05, 4.69) is 11.9 Å². The van der Waals surface area contributed by atoms with Crippen molar-refractivity contribution in [1.29, 1.82) is 0 Å². The Balaban J connectivity index is 2.79. The van der Waals surface area contributed by atoms with Gasteiger partial charge in [0.2, 0.25) is 5.91 Å². The summed E-state index contributed by atoms with van der Waals surface area (Å²) in [6, 6.07) is 4.05. The fourth-order valence-electron chi connectivity index (χ4n) is 2.13. The lowest BCUT2D eigenvalue weighted by Gasteiger charge is -2.30. The highest BCUT2D eigenvalue weighted by atomic mass is 16.2. The zero-order valence-electron chi connectivity index (χ0n) is 12.2. The molecule has 0 saturated carbocycles. The Kier molecular flexibility index (Phi) is 6.50. The van der Waals surface area contributed by atoms with Crippen molar-refractivity contribution < 1.29 is 4.79 Å². The van der Waals surface area contributed by atoms with Crippen LogP contribution < -0.4 is 5.73 Å². The van der Waals surface area contributed by atoms with Crippen LogP contribution in [0.25, 0.3) is 0 Å². The lowest BCUT2D eigenvalue weighted by Crippen LogP contribution is -2.42. The molecule has 1 amide bonds. The minimum Gasteiger partial charge on any atom is -0.336 e. The van der Waals surface area contributed by atoms with E-state index >= 15 is 0 Å². The molecule has 0 aliphatic rings. The van der Waals surface area contributed by atoms with E-state index in [9.17, 15) is 4.79 Å². The minimum absolute atomic E-state index is 0.0657. The van der Waals surface area contributed by atoms with Crippen LogP contribution >= 0.6 is 0 Å². The van der Waals surface area contributed by atoms with E-state index in [4.69, 9.17) is 5.73 Å². The Morgan fingerprint density at radius 1 is 1.47 bits per heavy atom. The smallest absolute Gasteiger partial charge is 0.227 e. The van der Waals surface area contributed by atoms with Crippen LogP contribution in [-0.2, 0) is 11.3 Å². The predicted octanol–water partition coefficient (Wildman–Crippen LogP) is 2.19. The van der Waals surface area contributed by atoms with Gasteiger partial charge in [-0.1, -0.05) is 19.4 Å². The largest absolute Gasteiger partial charge is 0.336 e. The van der Waals surface area contributed by atoms with Crippen molar-refractivity contribution in [3.05, 3.63) is 30.1 Å². The van der Waals surface area contributed by atoms with Crippen LogP contribution in [0.1, 0.15) is 39.2 Å². The van der Waals surface area contributed by atoms with Gasteiger partial charge < -0.3 is 10.6 Å². The molecule has 4 nitrogen and oxygen atoms in total. The molecule has 0 spiro atoms. The van der Waals surface area contributed by atoms with Gasteiger partial charge in [-0.25, -0.2) is 0 Å². The van der Waals surface area contributed by atoms with E-state index in [1.54, 1.807) is 12.4 Å². The van der Waals surface area contributed by atoms with Crippen LogP contribution in [0.15, 0.2) is 24.5 Å². The standard InChI is InChI=1S/C15H25N3O/c1-4-6-14(9-16)15(19)18(12(2)3)11-13-7-5-8-17-10-13/h5,7-8,10,12,14H,4,6,9,11,16H2,1-3H3. The van der Waals surface area contributed by atoms with Gasteiger partial charge in [0, 0.05) is 31.5 Å². The second-order valence-corrected chi connectivity index (χ2v) is 5.14. The van der Waals surface area contributed by atoms with Gasteiger partial charge in [0.1, 0.15) is 0 Å². The molecule has 2 N–H and O–H groups in total. The quantitative estimate of drug-likeness (QED) is 0.820. The molecule has 0 saturated heterocycles. The third kappa shape index (κ3) is 4.63. The second kappa shape index (κ2) is 7.89. The molecule has 106 valence electrons. The predicted molar refractivity (Wildman–Crippen MR) is 77.4 cm³/mol. The Morgan fingerprint density at radius 2 is 2.21 bits per heavy atom. The molecule has 0 bridgehead atoms. The Hall–Kier alpha value is -1.42. The second-order valence-electron chi connectivity index (χ2n) is 5.14. The van der Waals surface area contributed by atoms with E-state index in [1.165, 1.54) is 0 Å². The molecule has 0 aromatic carbocycles. The average Bonchev–Trinajstić information content (AvgIpc) is 2.42. The third-order valence-electron chi connectivity index (χ3n) is 3.25. The van der Waals surface area contributed by atoms with E-state index in [1.807, 2.05) is 30.9 Å². The van der Waals surface area contributed by atoms with Gasteiger partial charge in [0.15, 0.2) is 0 Å². The Morgan fingerprint density at radius 3 is 2.68 bits per heavy atom. The lowest BCUT2D eigenvalue weighted by atomic mass is 10.0. The van der Waals surface area contributed by atoms with Crippen molar-refractivity contribution in [3.63, 3.8) is 0 Å². The van der Waals surface area contributed by atoms with Crippen molar-refractivity contribution in [2.24, 2.45) is 11.7 Å². The maximum absolute atomic E-state index is 12.5. The van der Waals surface area contributed by atoms with Crippen LogP contribution in [0.5, 0.6) is 0 Å². The highest BCUT2D eigenvalue weighted by molar-refractivity contribution is 5.79. The number of hydrogen-bond acceptors (Lipinski definition) is 3. The molecule has 0 aliphatic carbocycles. The number of aromatic nitrogens is 1. The van der Waals surface area contributed by atoms with Crippen LogP contribution in [0.3, 0.4) is 0 Å². The first-order valence-electron chi connectivity index (χ1n) is 6.99. The van der Waals surface area contributed by atoms with E-state index in [0.29, 0.717) is 13.1 Å². The summed E-state index contributed by atoms with van der Waals surface area (Å²) >= 11 is 0. The monoisotopic (exact) mass is 263 g/mol. The van der Waals surface area contributed by atoms with Crippen molar-refractivity contribution >= 4 is 5.91 Å². The molecule has 1 unspecified atom stereocenters. The van der Waals surface area contributed by atoms with Gasteiger partial charge in [-0.15, -0.1) is 0 Å². The van der Waals surface area contributed by atoms with Crippen LogP contribution in [0, 0.1) is 5.92 Å². The van der Waals surface area contributed by atoms with E-state index < -0.39 is 0 Å². The summed E-state index contributed by atoms with van der Waals surface area (Å²) in [5.41, 5.74) is 6.78. The fourth-order valence-corrected chi connectivity index (χ4v) is 2.13. The van der Waals surface area contributed by atoms with Crippen LogP contribution in [-0.4, -0.2) is 28.4 Å².